The highest BCUT2D eigenvalue weighted by Crippen LogP contribution is 2.45. The van der Waals surface area contributed by atoms with E-state index >= 15 is 0 Å². The topological polar surface area (TPSA) is 99.2 Å². The average molecular weight is 464 g/mol. The van der Waals surface area contributed by atoms with Crippen molar-refractivity contribution in [1.82, 2.24) is 0 Å². The van der Waals surface area contributed by atoms with Crippen molar-refractivity contribution in [3.05, 3.63) is 58.9 Å². The van der Waals surface area contributed by atoms with Crippen LogP contribution in [0.5, 0.6) is 0 Å². The first-order chi connectivity index (χ1) is 14.9. The lowest BCUT2D eigenvalue weighted by molar-refractivity contribution is -0.137. The van der Waals surface area contributed by atoms with E-state index in [-0.39, 0.29) is 27.8 Å². The second-order valence-corrected chi connectivity index (χ2v) is 7.64. The zero-order valence-corrected chi connectivity index (χ0v) is 17.4. The molecule has 32 heavy (non-hydrogen) atoms. The number of rotatable bonds is 5. The third kappa shape index (κ3) is 4.27. The molecule has 166 valence electrons. The van der Waals surface area contributed by atoms with Crippen molar-refractivity contribution in [3.63, 3.8) is 0 Å². The van der Waals surface area contributed by atoms with E-state index in [9.17, 15) is 27.2 Å². The standard InChI is InChI=1S/C21H16F4N4O2S/c1-11(30)20(6-7-20)29(14-4-5-15(18(27)31)17(22)9-14)19(32)28-13-3-2-12(10-26)16(8-13)21(23,24)25/h2-5,8-9H,6-7H2,1H3,(H2,27,31)(H,28,32). The van der Waals surface area contributed by atoms with Gasteiger partial charge in [0.05, 0.1) is 22.8 Å². The molecule has 2 aromatic carbocycles. The van der Waals surface area contributed by atoms with Crippen LogP contribution in [0.25, 0.3) is 0 Å². The Morgan fingerprint density at radius 1 is 1.22 bits per heavy atom. The highest BCUT2D eigenvalue weighted by Gasteiger charge is 2.54. The molecule has 0 heterocycles. The number of primary amides is 1. The fourth-order valence-corrected chi connectivity index (χ4v) is 3.78. The molecule has 1 saturated carbocycles. The lowest BCUT2D eigenvalue weighted by Gasteiger charge is -2.33. The van der Waals surface area contributed by atoms with Crippen LogP contribution in [0.1, 0.15) is 41.3 Å². The number of halogens is 4. The van der Waals surface area contributed by atoms with Gasteiger partial charge in [0.25, 0.3) is 5.91 Å². The number of nitriles is 1. The Labute approximate surface area is 185 Å². The number of Topliss-reactive ketones (excluding diaryl/α,β-unsaturated/α-hetero) is 1. The van der Waals surface area contributed by atoms with Crippen LogP contribution in [0.3, 0.4) is 0 Å². The molecule has 0 atom stereocenters. The Morgan fingerprint density at radius 3 is 2.34 bits per heavy atom. The number of nitrogens with two attached hydrogens (primary N) is 1. The summed E-state index contributed by atoms with van der Waals surface area (Å²) in [6.45, 7) is 1.33. The zero-order chi connectivity index (χ0) is 23.8. The molecule has 0 aliphatic heterocycles. The van der Waals surface area contributed by atoms with Gasteiger partial charge in [-0.2, -0.15) is 18.4 Å². The normalized spacial score (nSPS) is 14.2. The molecule has 3 rings (SSSR count). The van der Waals surface area contributed by atoms with Crippen LogP contribution in [0.4, 0.5) is 28.9 Å². The monoisotopic (exact) mass is 464 g/mol. The minimum absolute atomic E-state index is 0.0695. The predicted molar refractivity (Wildman–Crippen MR) is 112 cm³/mol. The Balaban J connectivity index is 2.02. The van der Waals surface area contributed by atoms with Gasteiger partial charge in [-0.1, -0.05) is 0 Å². The SMILES string of the molecule is CC(=O)C1(N(C(=S)Nc2ccc(C#N)c(C(F)(F)F)c2)c2ccc(C(N)=O)c(F)c2)CC1. The minimum atomic E-state index is -4.77. The number of nitrogens with zero attached hydrogens (tertiary/aromatic N) is 2. The minimum Gasteiger partial charge on any atom is -0.366 e. The summed E-state index contributed by atoms with van der Waals surface area (Å²) < 4.78 is 54.2. The molecule has 1 fully saturated rings. The van der Waals surface area contributed by atoms with Crippen LogP contribution in [0, 0.1) is 17.1 Å². The first-order valence-electron chi connectivity index (χ1n) is 9.23. The summed E-state index contributed by atoms with van der Waals surface area (Å²) in [5.74, 6) is -2.18. The molecular weight excluding hydrogens is 448 g/mol. The van der Waals surface area contributed by atoms with Crippen LogP contribution < -0.4 is 16.0 Å². The summed E-state index contributed by atoms with van der Waals surface area (Å²) in [5, 5.41) is 11.4. The number of alkyl halides is 3. The summed E-state index contributed by atoms with van der Waals surface area (Å²) in [7, 11) is 0. The van der Waals surface area contributed by atoms with E-state index < -0.39 is 34.6 Å². The van der Waals surface area contributed by atoms with Crippen molar-refractivity contribution in [2.45, 2.75) is 31.5 Å². The van der Waals surface area contributed by atoms with Gasteiger partial charge in [0.2, 0.25) is 0 Å². The van der Waals surface area contributed by atoms with Crippen LogP contribution in [0.15, 0.2) is 36.4 Å². The molecule has 0 spiro atoms. The fourth-order valence-electron chi connectivity index (χ4n) is 3.39. The molecule has 6 nitrogen and oxygen atoms in total. The van der Waals surface area contributed by atoms with Crippen LogP contribution in [0.2, 0.25) is 0 Å². The highest BCUT2D eigenvalue weighted by atomic mass is 32.1. The Morgan fingerprint density at radius 2 is 1.88 bits per heavy atom. The molecule has 2 aromatic rings. The second-order valence-electron chi connectivity index (χ2n) is 7.25. The molecule has 0 saturated heterocycles. The van der Waals surface area contributed by atoms with Crippen LogP contribution in [-0.4, -0.2) is 22.3 Å². The maximum atomic E-state index is 14.4. The van der Waals surface area contributed by atoms with E-state index in [1.165, 1.54) is 30.0 Å². The van der Waals surface area contributed by atoms with Crippen molar-refractivity contribution in [2.24, 2.45) is 5.73 Å². The summed E-state index contributed by atoms with van der Waals surface area (Å²) >= 11 is 5.37. The van der Waals surface area contributed by atoms with Crippen molar-refractivity contribution in [3.8, 4) is 6.07 Å². The molecule has 11 heteroatoms. The molecule has 3 N–H and O–H groups in total. The van der Waals surface area contributed by atoms with Gasteiger partial charge in [-0.25, -0.2) is 4.39 Å². The molecular formula is C21H16F4N4O2S. The first kappa shape index (κ1) is 23.1. The number of hydrogen-bond donors (Lipinski definition) is 2. The van der Waals surface area contributed by atoms with Crippen molar-refractivity contribution < 1.29 is 27.2 Å². The molecule has 0 bridgehead atoms. The molecule has 0 aromatic heterocycles. The number of carbonyl (C=O) groups is 2. The van der Waals surface area contributed by atoms with Gasteiger partial charge in [-0.15, -0.1) is 0 Å². The molecule has 1 aliphatic carbocycles. The lowest BCUT2D eigenvalue weighted by Crippen LogP contribution is -2.48. The smallest absolute Gasteiger partial charge is 0.366 e. The quantitative estimate of drug-likeness (QED) is 0.510. The number of thiocarbonyl (C=S) groups is 1. The number of carbonyl (C=O) groups excluding carboxylic acids is 2. The molecule has 1 aliphatic rings. The molecule has 0 radical (unpaired) electrons. The largest absolute Gasteiger partial charge is 0.417 e. The van der Waals surface area contributed by atoms with Gasteiger partial charge in [0, 0.05) is 11.4 Å². The number of benzene rings is 2. The van der Waals surface area contributed by atoms with Gasteiger partial charge in [-0.3, -0.25) is 9.59 Å². The number of hydrogen-bond acceptors (Lipinski definition) is 4. The van der Waals surface area contributed by atoms with Gasteiger partial charge < -0.3 is 16.0 Å². The van der Waals surface area contributed by atoms with E-state index in [1.54, 1.807) is 0 Å². The number of amides is 1. The molecule has 1 amide bonds. The number of ketones is 1. The van der Waals surface area contributed by atoms with Crippen molar-refractivity contribution in [2.75, 3.05) is 10.2 Å². The average Bonchev–Trinajstić information content (AvgIpc) is 3.49. The summed E-state index contributed by atoms with van der Waals surface area (Å²) in [6.07, 6.45) is -3.98. The summed E-state index contributed by atoms with van der Waals surface area (Å²) in [5.41, 5.74) is 2.02. The van der Waals surface area contributed by atoms with E-state index in [2.05, 4.69) is 5.32 Å². The van der Waals surface area contributed by atoms with Crippen LogP contribution in [-0.2, 0) is 11.0 Å². The Hall–Kier alpha value is -3.52. The summed E-state index contributed by atoms with van der Waals surface area (Å²) in [4.78, 5) is 25.0. The van der Waals surface area contributed by atoms with Crippen molar-refractivity contribution in [1.29, 1.82) is 5.26 Å². The van der Waals surface area contributed by atoms with Gasteiger partial charge in [0.1, 0.15) is 11.4 Å². The first-order valence-corrected chi connectivity index (χ1v) is 9.64. The molecule has 0 unspecified atom stereocenters. The third-order valence-corrected chi connectivity index (χ3v) is 5.47. The van der Waals surface area contributed by atoms with Gasteiger partial charge >= 0.3 is 6.18 Å². The van der Waals surface area contributed by atoms with Crippen LogP contribution >= 0.6 is 12.2 Å². The van der Waals surface area contributed by atoms with Gasteiger partial charge in [0.15, 0.2) is 10.9 Å². The van der Waals surface area contributed by atoms with E-state index in [0.29, 0.717) is 12.8 Å². The Bertz CT molecular complexity index is 1170. The lowest BCUT2D eigenvalue weighted by atomic mass is 10.1. The van der Waals surface area contributed by atoms with Crippen molar-refractivity contribution >= 4 is 40.4 Å². The second kappa shape index (κ2) is 8.20. The van der Waals surface area contributed by atoms with E-state index in [4.69, 9.17) is 23.2 Å². The third-order valence-electron chi connectivity index (χ3n) is 5.18. The zero-order valence-electron chi connectivity index (χ0n) is 16.6. The number of anilines is 2. The van der Waals surface area contributed by atoms with E-state index in [0.717, 1.165) is 24.3 Å². The Kier molecular flexibility index (Phi) is 5.93. The highest BCUT2D eigenvalue weighted by molar-refractivity contribution is 7.80. The maximum absolute atomic E-state index is 14.4. The maximum Gasteiger partial charge on any atom is 0.417 e. The summed E-state index contributed by atoms with van der Waals surface area (Å²) in [6, 6.07) is 7.92. The van der Waals surface area contributed by atoms with E-state index in [1.807, 2.05) is 0 Å². The fraction of sp³-hybridized carbons (Fsp3) is 0.238. The van der Waals surface area contributed by atoms with Gasteiger partial charge in [-0.05, 0) is 68.4 Å². The number of nitrogens with one attached hydrogen (secondary N) is 1. The predicted octanol–water partition coefficient (Wildman–Crippen LogP) is 4.14.